The van der Waals surface area contributed by atoms with Gasteiger partial charge in [0.15, 0.2) is 0 Å². The highest BCUT2D eigenvalue weighted by molar-refractivity contribution is 5.96. The van der Waals surface area contributed by atoms with Gasteiger partial charge in [-0.1, -0.05) is 6.07 Å². The molecule has 0 spiro atoms. The minimum absolute atomic E-state index is 0.192. The Morgan fingerprint density at radius 3 is 2.48 bits per heavy atom. The van der Waals surface area contributed by atoms with E-state index in [0.717, 1.165) is 0 Å². The second-order valence-corrected chi connectivity index (χ2v) is 5.63. The van der Waals surface area contributed by atoms with E-state index in [1.807, 2.05) is 0 Å². The van der Waals surface area contributed by atoms with Gasteiger partial charge in [-0.25, -0.2) is 14.2 Å². The molecule has 6 nitrogen and oxygen atoms in total. The molecule has 1 amide bonds. The number of hydrogen-bond donors (Lipinski definition) is 2. The Bertz CT molecular complexity index is 974. The molecule has 0 saturated carbocycles. The van der Waals surface area contributed by atoms with E-state index < -0.39 is 11.8 Å². The van der Waals surface area contributed by atoms with Crippen molar-refractivity contribution in [3.8, 4) is 5.75 Å². The van der Waals surface area contributed by atoms with Crippen LogP contribution >= 0.6 is 0 Å². The van der Waals surface area contributed by atoms with Crippen molar-refractivity contribution in [3.63, 3.8) is 0 Å². The summed E-state index contributed by atoms with van der Waals surface area (Å²) in [6.07, 6.45) is 1.51. The van der Waals surface area contributed by atoms with Crippen LogP contribution in [0.25, 0.3) is 0 Å². The molecule has 0 radical (unpaired) electrons. The highest BCUT2D eigenvalue weighted by Gasteiger charge is 2.15. The molecule has 3 rings (SSSR count). The molecule has 1 aromatic heterocycles. The number of halogens is 1. The average molecular weight is 365 g/mol. The second-order valence-electron chi connectivity index (χ2n) is 5.63. The fourth-order valence-corrected chi connectivity index (χ4v) is 2.34. The first-order valence-corrected chi connectivity index (χ1v) is 8.09. The van der Waals surface area contributed by atoms with Crippen molar-refractivity contribution in [2.45, 2.75) is 6.92 Å². The third kappa shape index (κ3) is 4.88. The van der Waals surface area contributed by atoms with Gasteiger partial charge in [0.25, 0.3) is 0 Å². The molecule has 0 bridgehead atoms. The highest BCUT2D eigenvalue weighted by Crippen LogP contribution is 2.22. The summed E-state index contributed by atoms with van der Waals surface area (Å²) in [7, 11) is 0. The number of hydrogen-bond acceptors (Lipinski definition) is 5. The molecule has 136 valence electrons. The zero-order valence-electron chi connectivity index (χ0n) is 14.4. The van der Waals surface area contributed by atoms with Crippen LogP contribution in [0.15, 0.2) is 66.9 Å². The molecule has 2 N–H and O–H groups in total. The SMILES string of the molecule is CC(=O)Nc1ccc(OC(=O)c2cccnc2Nc2cccc(F)c2)cc1. The number of pyridine rings is 1. The van der Waals surface area contributed by atoms with Gasteiger partial charge in [-0.15, -0.1) is 0 Å². The predicted molar refractivity (Wildman–Crippen MR) is 99.6 cm³/mol. The molecule has 1 heterocycles. The van der Waals surface area contributed by atoms with Crippen LogP contribution in [0.5, 0.6) is 5.75 Å². The largest absolute Gasteiger partial charge is 0.423 e. The van der Waals surface area contributed by atoms with Gasteiger partial charge in [-0.2, -0.15) is 0 Å². The van der Waals surface area contributed by atoms with Crippen molar-refractivity contribution in [2.24, 2.45) is 0 Å². The van der Waals surface area contributed by atoms with Crippen LogP contribution in [0, 0.1) is 5.82 Å². The van der Waals surface area contributed by atoms with Gasteiger partial charge in [-0.3, -0.25) is 4.79 Å². The molecule has 0 fully saturated rings. The molecule has 0 aliphatic heterocycles. The molecule has 0 unspecified atom stereocenters. The molecule has 0 aliphatic rings. The first kappa shape index (κ1) is 18.1. The van der Waals surface area contributed by atoms with Crippen LogP contribution in [0.2, 0.25) is 0 Å². The number of anilines is 3. The van der Waals surface area contributed by atoms with E-state index in [0.29, 0.717) is 17.1 Å². The summed E-state index contributed by atoms with van der Waals surface area (Å²) in [5.41, 5.74) is 1.26. The Kier molecular flexibility index (Phi) is 5.41. The number of carbonyl (C=O) groups excluding carboxylic acids is 2. The number of nitrogens with one attached hydrogen (secondary N) is 2. The Balaban J connectivity index is 1.76. The lowest BCUT2D eigenvalue weighted by atomic mass is 10.2. The van der Waals surface area contributed by atoms with Crippen LogP contribution in [0.3, 0.4) is 0 Å². The van der Waals surface area contributed by atoms with Gasteiger partial charge >= 0.3 is 5.97 Å². The Hall–Kier alpha value is -3.74. The predicted octanol–water partition coefficient (Wildman–Crippen LogP) is 4.14. The lowest BCUT2D eigenvalue weighted by Crippen LogP contribution is -2.12. The van der Waals surface area contributed by atoms with E-state index in [1.54, 1.807) is 48.5 Å². The molecule has 7 heteroatoms. The van der Waals surface area contributed by atoms with Crippen molar-refractivity contribution in [1.29, 1.82) is 0 Å². The summed E-state index contributed by atoms with van der Waals surface area (Å²) >= 11 is 0. The van der Waals surface area contributed by atoms with Gasteiger partial charge in [0.1, 0.15) is 22.9 Å². The number of ether oxygens (including phenoxy) is 1. The minimum Gasteiger partial charge on any atom is -0.423 e. The molecule has 0 saturated heterocycles. The van der Waals surface area contributed by atoms with Crippen molar-refractivity contribution in [3.05, 3.63) is 78.2 Å². The highest BCUT2D eigenvalue weighted by atomic mass is 19.1. The second kappa shape index (κ2) is 8.09. The lowest BCUT2D eigenvalue weighted by Gasteiger charge is -2.11. The molecule has 0 aliphatic carbocycles. The Morgan fingerprint density at radius 1 is 1.00 bits per heavy atom. The minimum atomic E-state index is -0.616. The van der Waals surface area contributed by atoms with Gasteiger partial charge in [0.05, 0.1) is 0 Å². The zero-order chi connectivity index (χ0) is 19.2. The summed E-state index contributed by atoms with van der Waals surface area (Å²) in [5, 5.41) is 5.54. The van der Waals surface area contributed by atoms with Crippen LogP contribution in [-0.2, 0) is 4.79 Å². The van der Waals surface area contributed by atoms with Crippen molar-refractivity contribution >= 4 is 29.1 Å². The smallest absolute Gasteiger partial charge is 0.347 e. The zero-order valence-corrected chi connectivity index (χ0v) is 14.4. The average Bonchev–Trinajstić information content (AvgIpc) is 2.63. The van der Waals surface area contributed by atoms with Gasteiger partial charge in [0.2, 0.25) is 5.91 Å². The molecule has 27 heavy (non-hydrogen) atoms. The first-order chi connectivity index (χ1) is 13.0. The van der Waals surface area contributed by atoms with Crippen LogP contribution in [0.4, 0.5) is 21.6 Å². The van der Waals surface area contributed by atoms with E-state index in [9.17, 15) is 14.0 Å². The summed E-state index contributed by atoms with van der Waals surface area (Å²) in [6.45, 7) is 1.41. The number of carbonyl (C=O) groups is 2. The maximum atomic E-state index is 13.4. The summed E-state index contributed by atoms with van der Waals surface area (Å²) in [5.74, 6) is -0.644. The fourth-order valence-electron chi connectivity index (χ4n) is 2.34. The molecular formula is C20H16FN3O3. The number of amides is 1. The van der Waals surface area contributed by atoms with E-state index in [4.69, 9.17) is 4.74 Å². The standard InChI is InChI=1S/C20H16FN3O3/c1-13(25)23-15-7-9-17(10-8-15)27-20(26)18-6-3-11-22-19(18)24-16-5-2-4-14(21)12-16/h2-12H,1H3,(H,22,24)(H,23,25). The van der Waals surface area contributed by atoms with E-state index in [1.165, 1.54) is 25.3 Å². The van der Waals surface area contributed by atoms with Crippen molar-refractivity contribution in [2.75, 3.05) is 10.6 Å². The molecule has 2 aromatic carbocycles. The third-order valence-electron chi connectivity index (χ3n) is 3.50. The summed E-state index contributed by atoms with van der Waals surface area (Å²) < 4.78 is 18.7. The lowest BCUT2D eigenvalue weighted by molar-refractivity contribution is -0.114. The number of aromatic nitrogens is 1. The van der Waals surface area contributed by atoms with Gasteiger partial charge in [0, 0.05) is 24.5 Å². The van der Waals surface area contributed by atoms with Crippen LogP contribution < -0.4 is 15.4 Å². The van der Waals surface area contributed by atoms with E-state index >= 15 is 0 Å². The van der Waals surface area contributed by atoms with E-state index in [-0.39, 0.29) is 17.3 Å². The number of rotatable bonds is 5. The molecule has 0 atom stereocenters. The number of esters is 1. The third-order valence-corrected chi connectivity index (χ3v) is 3.50. The summed E-state index contributed by atoms with van der Waals surface area (Å²) in [4.78, 5) is 27.7. The quantitative estimate of drug-likeness (QED) is 0.525. The van der Waals surface area contributed by atoms with Gasteiger partial charge in [-0.05, 0) is 54.6 Å². The van der Waals surface area contributed by atoms with E-state index in [2.05, 4.69) is 15.6 Å². The monoisotopic (exact) mass is 365 g/mol. The van der Waals surface area contributed by atoms with Crippen molar-refractivity contribution < 1.29 is 18.7 Å². The maximum absolute atomic E-state index is 13.4. The topological polar surface area (TPSA) is 80.3 Å². The molecular weight excluding hydrogens is 349 g/mol. The normalized spacial score (nSPS) is 10.1. The van der Waals surface area contributed by atoms with Gasteiger partial charge < -0.3 is 15.4 Å². The Morgan fingerprint density at radius 2 is 1.78 bits per heavy atom. The van der Waals surface area contributed by atoms with Crippen LogP contribution in [-0.4, -0.2) is 16.9 Å². The maximum Gasteiger partial charge on any atom is 0.347 e. The Labute approximate surface area is 155 Å². The fraction of sp³-hybridized carbons (Fsp3) is 0.0500. The summed E-state index contributed by atoms with van der Waals surface area (Å²) in [6, 6.07) is 15.4. The first-order valence-electron chi connectivity index (χ1n) is 8.09. The number of benzene rings is 2. The number of nitrogens with zero attached hydrogens (tertiary/aromatic N) is 1. The van der Waals surface area contributed by atoms with Crippen LogP contribution in [0.1, 0.15) is 17.3 Å². The molecule has 3 aromatic rings. The van der Waals surface area contributed by atoms with Crippen molar-refractivity contribution in [1.82, 2.24) is 4.98 Å².